The van der Waals surface area contributed by atoms with Gasteiger partial charge in [0.15, 0.2) is 11.6 Å². The Labute approximate surface area is 153 Å². The maximum atomic E-state index is 6.09. The lowest BCUT2D eigenvalue weighted by Crippen LogP contribution is -2.14. The number of methoxy groups -OCH3 is 1. The minimum absolute atomic E-state index is 0.413. The topological polar surface area (TPSA) is 69.7 Å². The third kappa shape index (κ3) is 4.83. The molecule has 0 amide bonds. The van der Waals surface area contributed by atoms with Crippen molar-refractivity contribution < 1.29 is 9.47 Å². The minimum atomic E-state index is 0.413. The fourth-order valence-electron chi connectivity index (χ4n) is 2.44. The molecule has 0 aliphatic heterocycles. The van der Waals surface area contributed by atoms with Crippen molar-refractivity contribution in [2.24, 2.45) is 10.7 Å². The first-order valence-corrected chi connectivity index (χ1v) is 8.32. The van der Waals surface area contributed by atoms with Crippen LogP contribution in [0.1, 0.15) is 11.1 Å². The zero-order chi connectivity index (χ0) is 18.2. The lowest BCUT2D eigenvalue weighted by molar-refractivity contribution is 0.306. The first-order chi connectivity index (χ1) is 12.7. The molecule has 0 aliphatic rings. The molecule has 0 saturated carbocycles. The van der Waals surface area contributed by atoms with Crippen LogP contribution in [-0.4, -0.2) is 17.9 Å². The monoisotopic (exact) mass is 347 g/mol. The van der Waals surface area contributed by atoms with Gasteiger partial charge in [-0.1, -0.05) is 42.5 Å². The third-order valence-electron chi connectivity index (χ3n) is 3.78. The lowest BCUT2D eigenvalue weighted by atomic mass is 10.1. The molecule has 0 spiro atoms. The van der Waals surface area contributed by atoms with Gasteiger partial charge in [-0.05, 0) is 35.4 Å². The van der Waals surface area contributed by atoms with Gasteiger partial charge in [0, 0.05) is 12.6 Å². The minimum Gasteiger partial charge on any atom is -0.497 e. The Balaban J connectivity index is 1.69. The average Bonchev–Trinajstić information content (AvgIpc) is 2.68. The van der Waals surface area contributed by atoms with E-state index in [0.29, 0.717) is 30.4 Å². The highest BCUT2D eigenvalue weighted by Gasteiger charge is 2.06. The summed E-state index contributed by atoms with van der Waals surface area (Å²) in [5.74, 6) is 2.38. The van der Waals surface area contributed by atoms with Crippen LogP contribution in [0.2, 0.25) is 0 Å². The Bertz CT molecular complexity index is 862. The molecule has 2 aromatic carbocycles. The number of hydrogen-bond acceptors (Lipinski definition) is 4. The molecule has 132 valence electrons. The van der Waals surface area contributed by atoms with Crippen molar-refractivity contribution in [1.82, 2.24) is 4.98 Å². The largest absolute Gasteiger partial charge is 0.497 e. The number of pyridine rings is 1. The summed E-state index contributed by atoms with van der Waals surface area (Å²) in [4.78, 5) is 8.72. The highest BCUT2D eigenvalue weighted by molar-refractivity contribution is 5.85. The van der Waals surface area contributed by atoms with Gasteiger partial charge >= 0.3 is 0 Å². The molecule has 26 heavy (non-hydrogen) atoms. The standard InChI is InChI=1S/C21H21N3O2/c1-25-18-11-9-17(10-12-18)15-26-19-8-5-13-23-21(19)24-20(22)14-16-6-3-2-4-7-16/h2-13H,14-15H2,1H3,(H2,22,23,24). The fraction of sp³-hybridized carbons (Fsp3) is 0.143. The third-order valence-corrected chi connectivity index (χ3v) is 3.78. The molecule has 0 fully saturated rings. The second-order valence-corrected chi connectivity index (χ2v) is 5.73. The summed E-state index contributed by atoms with van der Waals surface area (Å²) in [6, 6.07) is 21.3. The maximum absolute atomic E-state index is 6.09. The highest BCUT2D eigenvalue weighted by atomic mass is 16.5. The second-order valence-electron chi connectivity index (χ2n) is 5.73. The molecule has 0 bridgehead atoms. The number of nitrogens with two attached hydrogens (primary N) is 1. The molecular formula is C21H21N3O2. The lowest BCUT2D eigenvalue weighted by Gasteiger charge is -2.09. The van der Waals surface area contributed by atoms with Crippen LogP contribution in [0.3, 0.4) is 0 Å². The van der Waals surface area contributed by atoms with Gasteiger partial charge in [-0.3, -0.25) is 0 Å². The second kappa shape index (κ2) is 8.67. The van der Waals surface area contributed by atoms with E-state index < -0.39 is 0 Å². The normalized spacial score (nSPS) is 11.2. The van der Waals surface area contributed by atoms with Crippen LogP contribution in [-0.2, 0) is 13.0 Å². The summed E-state index contributed by atoms with van der Waals surface area (Å²) >= 11 is 0. The van der Waals surface area contributed by atoms with Gasteiger partial charge in [0.1, 0.15) is 18.2 Å². The van der Waals surface area contributed by atoms with Crippen LogP contribution in [0.4, 0.5) is 5.82 Å². The Kier molecular flexibility index (Phi) is 5.83. The predicted molar refractivity (Wildman–Crippen MR) is 103 cm³/mol. The first-order valence-electron chi connectivity index (χ1n) is 8.32. The summed E-state index contributed by atoms with van der Waals surface area (Å²) in [5, 5.41) is 0. The van der Waals surface area contributed by atoms with Crippen molar-refractivity contribution in [2.75, 3.05) is 7.11 Å². The zero-order valence-electron chi connectivity index (χ0n) is 14.6. The summed E-state index contributed by atoms with van der Waals surface area (Å²) < 4.78 is 11.0. The van der Waals surface area contributed by atoms with E-state index in [4.69, 9.17) is 15.2 Å². The predicted octanol–water partition coefficient (Wildman–Crippen LogP) is 3.90. The Morgan fingerprint density at radius 2 is 1.73 bits per heavy atom. The number of benzene rings is 2. The van der Waals surface area contributed by atoms with Gasteiger partial charge < -0.3 is 15.2 Å². The Hall–Kier alpha value is -3.34. The molecule has 0 unspecified atom stereocenters. The number of nitrogens with zero attached hydrogens (tertiary/aromatic N) is 2. The van der Waals surface area contributed by atoms with E-state index in [1.165, 1.54) is 0 Å². The van der Waals surface area contributed by atoms with Crippen molar-refractivity contribution in [3.8, 4) is 11.5 Å². The highest BCUT2D eigenvalue weighted by Crippen LogP contribution is 2.25. The average molecular weight is 347 g/mol. The molecule has 1 aromatic heterocycles. The van der Waals surface area contributed by atoms with Crippen molar-refractivity contribution in [3.05, 3.63) is 84.1 Å². The molecule has 0 atom stereocenters. The molecule has 0 radical (unpaired) electrons. The van der Waals surface area contributed by atoms with Gasteiger partial charge in [-0.15, -0.1) is 0 Å². The van der Waals surface area contributed by atoms with Gasteiger partial charge in [-0.2, -0.15) is 0 Å². The first kappa shape index (κ1) is 17.5. The van der Waals surface area contributed by atoms with Crippen LogP contribution in [0.5, 0.6) is 11.5 Å². The SMILES string of the molecule is COc1ccc(COc2cccnc2N=C(N)Cc2ccccc2)cc1. The number of hydrogen-bond donors (Lipinski definition) is 1. The van der Waals surface area contributed by atoms with E-state index in [1.54, 1.807) is 13.3 Å². The molecule has 3 aromatic rings. The van der Waals surface area contributed by atoms with Crippen LogP contribution in [0, 0.1) is 0 Å². The summed E-state index contributed by atoms with van der Waals surface area (Å²) in [7, 11) is 1.64. The Morgan fingerprint density at radius 1 is 0.962 bits per heavy atom. The van der Waals surface area contributed by atoms with E-state index in [1.807, 2.05) is 66.7 Å². The molecule has 3 rings (SSSR count). The smallest absolute Gasteiger partial charge is 0.196 e. The maximum Gasteiger partial charge on any atom is 0.196 e. The van der Waals surface area contributed by atoms with Crippen molar-refractivity contribution >= 4 is 11.7 Å². The van der Waals surface area contributed by atoms with E-state index in [9.17, 15) is 0 Å². The molecule has 1 heterocycles. The van der Waals surface area contributed by atoms with Gasteiger partial charge in [0.2, 0.25) is 0 Å². The van der Waals surface area contributed by atoms with Crippen molar-refractivity contribution in [1.29, 1.82) is 0 Å². The molecule has 5 nitrogen and oxygen atoms in total. The van der Waals surface area contributed by atoms with E-state index in [2.05, 4.69) is 9.98 Å². The summed E-state index contributed by atoms with van der Waals surface area (Å²) in [6.45, 7) is 0.413. The zero-order valence-corrected chi connectivity index (χ0v) is 14.6. The number of amidine groups is 1. The quantitative estimate of drug-likeness (QED) is 0.520. The number of rotatable bonds is 7. The van der Waals surface area contributed by atoms with E-state index >= 15 is 0 Å². The van der Waals surface area contributed by atoms with E-state index in [-0.39, 0.29) is 0 Å². The molecule has 0 saturated heterocycles. The van der Waals surface area contributed by atoms with Gasteiger partial charge in [0.05, 0.1) is 7.11 Å². The number of aromatic nitrogens is 1. The van der Waals surface area contributed by atoms with Crippen LogP contribution in [0.15, 0.2) is 77.9 Å². The Morgan fingerprint density at radius 3 is 2.46 bits per heavy atom. The molecule has 0 aliphatic carbocycles. The fourth-order valence-corrected chi connectivity index (χ4v) is 2.44. The summed E-state index contributed by atoms with van der Waals surface area (Å²) in [6.07, 6.45) is 2.24. The van der Waals surface area contributed by atoms with Gasteiger partial charge in [-0.25, -0.2) is 9.98 Å². The van der Waals surface area contributed by atoms with Crippen LogP contribution >= 0.6 is 0 Å². The van der Waals surface area contributed by atoms with Crippen LogP contribution in [0.25, 0.3) is 0 Å². The van der Waals surface area contributed by atoms with E-state index in [0.717, 1.165) is 16.9 Å². The van der Waals surface area contributed by atoms with Gasteiger partial charge in [0.25, 0.3) is 0 Å². The summed E-state index contributed by atoms with van der Waals surface area (Å²) in [5.41, 5.74) is 8.22. The molecular weight excluding hydrogens is 326 g/mol. The molecule has 5 heteroatoms. The number of aliphatic imine (C=N–C) groups is 1. The van der Waals surface area contributed by atoms with Crippen LogP contribution < -0.4 is 15.2 Å². The van der Waals surface area contributed by atoms with Crippen molar-refractivity contribution in [3.63, 3.8) is 0 Å². The number of ether oxygens (including phenoxy) is 2. The van der Waals surface area contributed by atoms with Crippen molar-refractivity contribution in [2.45, 2.75) is 13.0 Å². The molecule has 2 N–H and O–H groups in total.